The zero-order chi connectivity index (χ0) is 22.2. The molecule has 2 aromatic carbocycles. The number of non-ortho nitro benzene ring substituents is 1. The van der Waals surface area contributed by atoms with Crippen LogP contribution in [-0.4, -0.2) is 33.0 Å². The molecule has 0 aliphatic carbocycles. The molecule has 0 saturated carbocycles. The first-order valence-corrected chi connectivity index (χ1v) is 12.0. The van der Waals surface area contributed by atoms with Crippen molar-refractivity contribution < 1.29 is 9.72 Å². The smallest absolute Gasteiger partial charge is 0.270 e. The fourth-order valence-corrected chi connectivity index (χ4v) is 5.15. The molecule has 1 aromatic heterocycles. The second-order valence-corrected chi connectivity index (χ2v) is 9.98. The third-order valence-electron chi connectivity index (χ3n) is 3.78. The maximum atomic E-state index is 12.0. The molecule has 0 radical (unpaired) electrons. The highest BCUT2D eigenvalue weighted by molar-refractivity contribution is 8.03. The molecular formula is C19H16ClN5O3S3. The van der Waals surface area contributed by atoms with Crippen molar-refractivity contribution in [3.05, 3.63) is 74.3 Å². The van der Waals surface area contributed by atoms with Crippen LogP contribution in [0.1, 0.15) is 16.7 Å². The summed E-state index contributed by atoms with van der Waals surface area (Å²) in [6, 6.07) is 12.3. The second kappa shape index (κ2) is 11.2. The lowest BCUT2D eigenvalue weighted by atomic mass is 10.2. The van der Waals surface area contributed by atoms with E-state index in [1.165, 1.54) is 58.6 Å². The SMILES string of the molecule is Cc1ccc(CSc2nnc(SCC(=O)N/N=C/c3cc([N+](=O)[O-])ccc3Cl)s2)cc1. The van der Waals surface area contributed by atoms with Gasteiger partial charge in [0.15, 0.2) is 8.68 Å². The fraction of sp³-hybridized carbons (Fsp3) is 0.158. The van der Waals surface area contributed by atoms with Gasteiger partial charge in [-0.1, -0.05) is 76.3 Å². The Kier molecular flexibility index (Phi) is 8.41. The first-order valence-electron chi connectivity index (χ1n) is 8.81. The molecule has 8 nitrogen and oxygen atoms in total. The molecule has 0 fully saturated rings. The number of hydrogen-bond donors (Lipinski definition) is 1. The van der Waals surface area contributed by atoms with E-state index in [1.807, 2.05) is 0 Å². The molecule has 12 heteroatoms. The Hall–Kier alpha value is -2.47. The molecule has 0 spiro atoms. The number of aromatic nitrogens is 2. The minimum Gasteiger partial charge on any atom is -0.272 e. The van der Waals surface area contributed by atoms with Gasteiger partial charge in [0.1, 0.15) is 0 Å². The number of nitrogens with one attached hydrogen (secondary N) is 1. The van der Waals surface area contributed by atoms with Gasteiger partial charge in [-0.2, -0.15) is 5.10 Å². The lowest BCUT2D eigenvalue weighted by Crippen LogP contribution is -2.19. The van der Waals surface area contributed by atoms with Crippen LogP contribution in [0.15, 0.2) is 56.2 Å². The van der Waals surface area contributed by atoms with E-state index in [2.05, 4.69) is 51.9 Å². The van der Waals surface area contributed by atoms with E-state index in [-0.39, 0.29) is 17.3 Å². The van der Waals surface area contributed by atoms with Crippen molar-refractivity contribution >= 4 is 64.3 Å². The van der Waals surface area contributed by atoms with Crippen molar-refractivity contribution in [2.75, 3.05) is 5.75 Å². The number of amides is 1. The van der Waals surface area contributed by atoms with Crippen molar-refractivity contribution in [2.24, 2.45) is 5.10 Å². The Labute approximate surface area is 195 Å². The lowest BCUT2D eigenvalue weighted by Gasteiger charge is -2.00. The monoisotopic (exact) mass is 493 g/mol. The molecule has 0 saturated heterocycles. The van der Waals surface area contributed by atoms with Crippen molar-refractivity contribution in [1.29, 1.82) is 0 Å². The number of nitro groups is 1. The number of hydrazone groups is 1. The summed E-state index contributed by atoms with van der Waals surface area (Å²) in [5.41, 5.74) is 5.02. The number of nitrogens with zero attached hydrogens (tertiary/aromatic N) is 4. The molecular weight excluding hydrogens is 478 g/mol. The predicted molar refractivity (Wildman–Crippen MR) is 125 cm³/mol. The summed E-state index contributed by atoms with van der Waals surface area (Å²) >= 11 is 10.3. The first kappa shape index (κ1) is 23.2. The number of carbonyl (C=O) groups excluding carboxylic acids is 1. The number of hydrogen-bond acceptors (Lipinski definition) is 9. The summed E-state index contributed by atoms with van der Waals surface area (Å²) in [4.78, 5) is 22.3. The summed E-state index contributed by atoms with van der Waals surface area (Å²) < 4.78 is 1.52. The van der Waals surface area contributed by atoms with Crippen LogP contribution in [0.2, 0.25) is 5.02 Å². The Balaban J connectivity index is 1.45. The Morgan fingerprint density at radius 1 is 1.23 bits per heavy atom. The molecule has 0 aliphatic heterocycles. The van der Waals surface area contributed by atoms with Gasteiger partial charge >= 0.3 is 0 Å². The number of thioether (sulfide) groups is 2. The molecule has 1 N–H and O–H groups in total. The molecule has 3 aromatic rings. The maximum Gasteiger partial charge on any atom is 0.270 e. The first-order chi connectivity index (χ1) is 14.9. The van der Waals surface area contributed by atoms with E-state index >= 15 is 0 Å². The third-order valence-corrected chi connectivity index (χ3v) is 7.39. The molecule has 0 aliphatic rings. The van der Waals surface area contributed by atoms with Gasteiger partial charge in [-0.3, -0.25) is 14.9 Å². The predicted octanol–water partition coefficient (Wildman–Crippen LogP) is 4.94. The normalized spacial score (nSPS) is 11.0. The summed E-state index contributed by atoms with van der Waals surface area (Å²) in [5, 5.41) is 23.2. The van der Waals surface area contributed by atoms with Gasteiger partial charge in [0.25, 0.3) is 11.6 Å². The third kappa shape index (κ3) is 7.31. The van der Waals surface area contributed by atoms with E-state index in [9.17, 15) is 14.9 Å². The molecule has 31 heavy (non-hydrogen) atoms. The van der Waals surface area contributed by atoms with E-state index < -0.39 is 4.92 Å². The lowest BCUT2D eigenvalue weighted by molar-refractivity contribution is -0.384. The van der Waals surface area contributed by atoms with Crippen LogP contribution >= 0.6 is 46.5 Å². The van der Waals surface area contributed by atoms with Gasteiger partial charge < -0.3 is 0 Å². The summed E-state index contributed by atoms with van der Waals surface area (Å²) in [5.74, 6) is 0.568. The topological polar surface area (TPSA) is 110 Å². The molecule has 0 bridgehead atoms. The second-order valence-electron chi connectivity index (χ2n) is 6.15. The van der Waals surface area contributed by atoms with E-state index in [0.717, 1.165) is 10.1 Å². The minimum absolute atomic E-state index is 0.108. The number of aryl methyl sites for hydroxylation is 1. The number of benzene rings is 2. The van der Waals surface area contributed by atoms with Gasteiger partial charge in [0, 0.05) is 28.5 Å². The number of nitro benzene ring substituents is 1. The summed E-state index contributed by atoms with van der Waals surface area (Å²) in [6.45, 7) is 2.05. The highest BCUT2D eigenvalue weighted by Gasteiger charge is 2.10. The summed E-state index contributed by atoms with van der Waals surface area (Å²) in [7, 11) is 0. The van der Waals surface area contributed by atoms with Gasteiger partial charge in [-0.05, 0) is 18.6 Å². The van der Waals surface area contributed by atoms with Crippen molar-refractivity contribution in [1.82, 2.24) is 15.6 Å². The average molecular weight is 494 g/mol. The maximum absolute atomic E-state index is 12.0. The Bertz CT molecular complexity index is 1110. The fourth-order valence-electron chi connectivity index (χ4n) is 2.22. The van der Waals surface area contributed by atoms with E-state index in [1.54, 1.807) is 11.8 Å². The molecule has 0 atom stereocenters. The quantitative estimate of drug-likeness (QED) is 0.194. The Morgan fingerprint density at radius 3 is 2.65 bits per heavy atom. The standard InChI is InChI=1S/C19H16ClN5O3S3/c1-12-2-4-13(5-3-12)10-29-18-23-24-19(31-18)30-11-17(26)22-21-9-14-8-15(25(27)28)6-7-16(14)20/h2-9H,10-11H2,1H3,(H,22,26)/b21-9+. The molecule has 1 amide bonds. The Morgan fingerprint density at radius 2 is 1.94 bits per heavy atom. The zero-order valence-corrected chi connectivity index (χ0v) is 19.4. The average Bonchev–Trinajstić information content (AvgIpc) is 3.21. The van der Waals surface area contributed by atoms with Crippen LogP contribution in [-0.2, 0) is 10.5 Å². The molecule has 1 heterocycles. The van der Waals surface area contributed by atoms with Crippen molar-refractivity contribution in [3.8, 4) is 0 Å². The van der Waals surface area contributed by atoms with Crippen LogP contribution < -0.4 is 5.43 Å². The minimum atomic E-state index is -0.529. The number of halogens is 1. The zero-order valence-electron chi connectivity index (χ0n) is 16.1. The van der Waals surface area contributed by atoms with Gasteiger partial charge in [-0.25, -0.2) is 5.43 Å². The van der Waals surface area contributed by atoms with Gasteiger partial charge in [-0.15, -0.1) is 10.2 Å². The highest BCUT2D eigenvalue weighted by atomic mass is 35.5. The van der Waals surface area contributed by atoms with E-state index in [4.69, 9.17) is 11.6 Å². The molecule has 0 unspecified atom stereocenters. The van der Waals surface area contributed by atoms with Crippen LogP contribution in [0.3, 0.4) is 0 Å². The van der Waals surface area contributed by atoms with Crippen LogP contribution in [0.25, 0.3) is 0 Å². The van der Waals surface area contributed by atoms with Gasteiger partial charge in [0.05, 0.1) is 16.9 Å². The van der Waals surface area contributed by atoms with E-state index in [0.29, 0.717) is 14.9 Å². The van der Waals surface area contributed by atoms with Crippen LogP contribution in [0, 0.1) is 17.0 Å². The highest BCUT2D eigenvalue weighted by Crippen LogP contribution is 2.30. The van der Waals surface area contributed by atoms with Crippen LogP contribution in [0.4, 0.5) is 5.69 Å². The molecule has 3 rings (SSSR count). The van der Waals surface area contributed by atoms with Gasteiger partial charge in [0.2, 0.25) is 0 Å². The van der Waals surface area contributed by atoms with Crippen molar-refractivity contribution in [3.63, 3.8) is 0 Å². The largest absolute Gasteiger partial charge is 0.272 e. The number of rotatable bonds is 9. The summed E-state index contributed by atoms with van der Waals surface area (Å²) in [6.07, 6.45) is 1.27. The van der Waals surface area contributed by atoms with Crippen molar-refractivity contribution in [2.45, 2.75) is 21.4 Å². The number of carbonyl (C=O) groups is 1. The van der Waals surface area contributed by atoms with Crippen LogP contribution in [0.5, 0.6) is 0 Å². The molecule has 160 valence electrons.